The molecule has 0 saturated heterocycles. The predicted molar refractivity (Wildman–Crippen MR) is 69.2 cm³/mol. The van der Waals surface area contributed by atoms with Crippen LogP contribution in [-0.4, -0.2) is 10.9 Å². The van der Waals surface area contributed by atoms with Gasteiger partial charge in [-0.2, -0.15) is 0 Å². The topological polar surface area (TPSA) is 67.2 Å². The van der Waals surface area contributed by atoms with E-state index in [9.17, 15) is 4.79 Å². The quantitative estimate of drug-likeness (QED) is 0.849. The highest BCUT2D eigenvalue weighted by molar-refractivity contribution is 5.89. The van der Waals surface area contributed by atoms with Crippen LogP contribution in [0.5, 0.6) is 0 Å². The smallest absolute Gasteiger partial charge is 0.225 e. The molecule has 1 amide bonds. The van der Waals surface area contributed by atoms with Crippen LogP contribution in [-0.2, 0) is 11.3 Å². The standard InChI is InChI=1S/C13H15N3O2/c1-2-13(17)16-12-6-5-10(8-15-12)14-9-11-4-3-7-18-11/h3-8,14H,2,9H2,1H3,(H,15,16,17). The first-order chi connectivity index (χ1) is 8.78. The summed E-state index contributed by atoms with van der Waals surface area (Å²) in [7, 11) is 0. The number of hydrogen-bond donors (Lipinski definition) is 2. The zero-order valence-corrected chi connectivity index (χ0v) is 10.1. The van der Waals surface area contributed by atoms with E-state index in [1.54, 1.807) is 25.5 Å². The Morgan fingerprint density at radius 1 is 1.39 bits per heavy atom. The summed E-state index contributed by atoms with van der Waals surface area (Å²) in [5.74, 6) is 1.38. The molecule has 0 aromatic carbocycles. The van der Waals surface area contributed by atoms with Crippen LogP contribution in [0, 0.1) is 0 Å². The Hall–Kier alpha value is -2.30. The molecule has 2 heterocycles. The van der Waals surface area contributed by atoms with Crippen LogP contribution in [0.2, 0.25) is 0 Å². The van der Waals surface area contributed by atoms with Crippen LogP contribution in [0.1, 0.15) is 19.1 Å². The van der Waals surface area contributed by atoms with Crippen LogP contribution in [0.15, 0.2) is 41.1 Å². The summed E-state index contributed by atoms with van der Waals surface area (Å²) in [5.41, 5.74) is 0.876. The lowest BCUT2D eigenvalue weighted by Crippen LogP contribution is -2.10. The maximum absolute atomic E-state index is 11.2. The zero-order chi connectivity index (χ0) is 12.8. The summed E-state index contributed by atoms with van der Waals surface area (Å²) in [6.45, 7) is 2.41. The molecule has 2 rings (SSSR count). The van der Waals surface area contributed by atoms with Crippen molar-refractivity contribution in [1.29, 1.82) is 0 Å². The molecule has 0 atom stereocenters. The van der Waals surface area contributed by atoms with Gasteiger partial charge < -0.3 is 15.1 Å². The molecule has 0 aliphatic rings. The fraction of sp³-hybridized carbons (Fsp3) is 0.231. The molecule has 0 aliphatic carbocycles. The Labute approximate surface area is 105 Å². The average molecular weight is 245 g/mol. The number of carbonyl (C=O) groups excluding carboxylic acids is 1. The molecular weight excluding hydrogens is 230 g/mol. The monoisotopic (exact) mass is 245 g/mol. The molecule has 2 aromatic heterocycles. The molecule has 0 unspecified atom stereocenters. The molecule has 2 aromatic rings. The van der Waals surface area contributed by atoms with Gasteiger partial charge in [-0.15, -0.1) is 0 Å². The summed E-state index contributed by atoms with van der Waals surface area (Å²) >= 11 is 0. The first-order valence-electron chi connectivity index (χ1n) is 5.80. The second kappa shape index (κ2) is 5.86. The highest BCUT2D eigenvalue weighted by atomic mass is 16.3. The number of aromatic nitrogens is 1. The first-order valence-corrected chi connectivity index (χ1v) is 5.80. The maximum Gasteiger partial charge on any atom is 0.225 e. The largest absolute Gasteiger partial charge is 0.467 e. The van der Waals surface area contributed by atoms with Gasteiger partial charge in [0.1, 0.15) is 11.6 Å². The molecule has 18 heavy (non-hydrogen) atoms. The van der Waals surface area contributed by atoms with E-state index in [4.69, 9.17) is 4.42 Å². The van der Waals surface area contributed by atoms with Gasteiger partial charge in [0.25, 0.3) is 0 Å². The molecule has 0 radical (unpaired) electrons. The lowest BCUT2D eigenvalue weighted by molar-refractivity contribution is -0.115. The van der Waals surface area contributed by atoms with E-state index >= 15 is 0 Å². The zero-order valence-electron chi connectivity index (χ0n) is 10.1. The van der Waals surface area contributed by atoms with Gasteiger partial charge in [-0.05, 0) is 24.3 Å². The predicted octanol–water partition coefficient (Wildman–Crippen LogP) is 2.64. The number of carbonyl (C=O) groups is 1. The van der Waals surface area contributed by atoms with E-state index in [0.29, 0.717) is 18.8 Å². The number of pyridine rings is 1. The number of nitrogens with zero attached hydrogens (tertiary/aromatic N) is 1. The van der Waals surface area contributed by atoms with Crippen LogP contribution in [0.4, 0.5) is 11.5 Å². The Morgan fingerprint density at radius 3 is 2.89 bits per heavy atom. The second-order valence-corrected chi connectivity index (χ2v) is 3.77. The molecule has 5 nitrogen and oxygen atoms in total. The Kier molecular flexibility index (Phi) is 3.96. The lowest BCUT2D eigenvalue weighted by Gasteiger charge is -2.06. The van der Waals surface area contributed by atoms with Crippen LogP contribution in [0.25, 0.3) is 0 Å². The van der Waals surface area contributed by atoms with Crippen molar-refractivity contribution in [3.05, 3.63) is 42.5 Å². The van der Waals surface area contributed by atoms with Crippen molar-refractivity contribution in [3.8, 4) is 0 Å². The van der Waals surface area contributed by atoms with Gasteiger partial charge in [-0.1, -0.05) is 6.92 Å². The number of nitrogens with one attached hydrogen (secondary N) is 2. The van der Waals surface area contributed by atoms with Crippen LogP contribution in [0.3, 0.4) is 0 Å². The molecular formula is C13H15N3O2. The van der Waals surface area contributed by atoms with Gasteiger partial charge in [-0.25, -0.2) is 4.98 Å². The summed E-state index contributed by atoms with van der Waals surface area (Å²) in [5, 5.41) is 5.86. The summed E-state index contributed by atoms with van der Waals surface area (Å²) < 4.78 is 5.21. The molecule has 2 N–H and O–H groups in total. The van der Waals surface area contributed by atoms with E-state index in [1.807, 2.05) is 18.2 Å². The molecule has 94 valence electrons. The number of hydrogen-bond acceptors (Lipinski definition) is 4. The van der Waals surface area contributed by atoms with E-state index in [2.05, 4.69) is 15.6 Å². The number of rotatable bonds is 5. The van der Waals surface area contributed by atoms with Gasteiger partial charge in [0.2, 0.25) is 5.91 Å². The molecule has 0 saturated carbocycles. The molecule has 0 aliphatic heterocycles. The minimum Gasteiger partial charge on any atom is -0.467 e. The Bertz CT molecular complexity index is 491. The third-order valence-electron chi connectivity index (χ3n) is 2.40. The third-order valence-corrected chi connectivity index (χ3v) is 2.40. The number of furan rings is 1. The molecule has 0 spiro atoms. The summed E-state index contributed by atoms with van der Waals surface area (Å²) in [6.07, 6.45) is 3.76. The Morgan fingerprint density at radius 2 is 2.28 bits per heavy atom. The number of amides is 1. The van der Waals surface area contributed by atoms with E-state index in [-0.39, 0.29) is 5.91 Å². The minimum absolute atomic E-state index is 0.0428. The number of anilines is 2. The molecule has 5 heteroatoms. The van der Waals surface area contributed by atoms with Gasteiger partial charge >= 0.3 is 0 Å². The van der Waals surface area contributed by atoms with Gasteiger partial charge in [0.15, 0.2) is 0 Å². The second-order valence-electron chi connectivity index (χ2n) is 3.77. The van der Waals surface area contributed by atoms with Crippen molar-refractivity contribution in [2.75, 3.05) is 10.6 Å². The van der Waals surface area contributed by atoms with Crippen LogP contribution >= 0.6 is 0 Å². The van der Waals surface area contributed by atoms with Crippen molar-refractivity contribution >= 4 is 17.4 Å². The first kappa shape index (κ1) is 12.2. The fourth-order valence-corrected chi connectivity index (χ4v) is 1.41. The van der Waals surface area contributed by atoms with Crippen molar-refractivity contribution in [2.24, 2.45) is 0 Å². The normalized spacial score (nSPS) is 10.1. The fourth-order valence-electron chi connectivity index (χ4n) is 1.41. The third kappa shape index (κ3) is 3.35. The van der Waals surface area contributed by atoms with Gasteiger partial charge in [-0.3, -0.25) is 4.79 Å². The van der Waals surface area contributed by atoms with E-state index in [0.717, 1.165) is 11.4 Å². The SMILES string of the molecule is CCC(=O)Nc1ccc(NCc2ccco2)cn1. The van der Waals surface area contributed by atoms with Crippen molar-refractivity contribution < 1.29 is 9.21 Å². The van der Waals surface area contributed by atoms with E-state index in [1.165, 1.54) is 0 Å². The maximum atomic E-state index is 11.2. The van der Waals surface area contributed by atoms with Crippen molar-refractivity contribution in [2.45, 2.75) is 19.9 Å². The summed E-state index contributed by atoms with van der Waals surface area (Å²) in [4.78, 5) is 15.3. The van der Waals surface area contributed by atoms with Gasteiger partial charge in [0, 0.05) is 6.42 Å². The molecule has 0 bridgehead atoms. The van der Waals surface area contributed by atoms with Crippen molar-refractivity contribution in [1.82, 2.24) is 4.98 Å². The summed E-state index contributed by atoms with van der Waals surface area (Å²) in [6, 6.07) is 7.37. The van der Waals surface area contributed by atoms with Crippen LogP contribution < -0.4 is 10.6 Å². The van der Waals surface area contributed by atoms with Crippen molar-refractivity contribution in [3.63, 3.8) is 0 Å². The highest BCUT2D eigenvalue weighted by Crippen LogP contribution is 2.11. The molecule has 0 fully saturated rings. The highest BCUT2D eigenvalue weighted by Gasteiger charge is 2.00. The lowest BCUT2D eigenvalue weighted by atomic mass is 10.3. The van der Waals surface area contributed by atoms with Gasteiger partial charge in [0.05, 0.1) is 24.7 Å². The Balaban J connectivity index is 1.89. The average Bonchev–Trinajstić information content (AvgIpc) is 2.91. The van der Waals surface area contributed by atoms with E-state index < -0.39 is 0 Å². The minimum atomic E-state index is -0.0428.